The molecule has 0 saturated carbocycles. The van der Waals surface area contributed by atoms with Gasteiger partial charge in [-0.2, -0.15) is 0 Å². The van der Waals surface area contributed by atoms with Gasteiger partial charge in [-0.05, 0) is 12.5 Å². The van der Waals surface area contributed by atoms with E-state index in [-0.39, 0.29) is 11.4 Å². The normalized spacial score (nSPS) is 9.24. The van der Waals surface area contributed by atoms with Gasteiger partial charge >= 0.3 is 11.7 Å². The number of nitrogens with two attached hydrogens (primary N) is 1. The number of hydrogen-bond donors (Lipinski definition) is 3. The standard InChI is InChI=1S/C6H6N4O4.C5H10O2/c7-8-5-2-1-4(9(11)12)3-6(5)10(13)14;1-2-3-4-5(6)7/h1-3,8H,7H2;2-4H2,1H3,(H,6,7). The summed E-state index contributed by atoms with van der Waals surface area (Å²) in [5, 5.41) is 28.8. The van der Waals surface area contributed by atoms with Crippen LogP contribution in [-0.2, 0) is 4.79 Å². The minimum absolute atomic E-state index is 0.0283. The predicted octanol–water partition coefficient (Wildman–Crippen LogP) is 2.05. The maximum Gasteiger partial charge on any atom is 0.303 e. The van der Waals surface area contributed by atoms with Gasteiger partial charge in [-0.15, -0.1) is 0 Å². The summed E-state index contributed by atoms with van der Waals surface area (Å²) < 4.78 is 0. The first-order chi connectivity index (χ1) is 9.83. The SMILES string of the molecule is CCCCC(=O)O.NNc1ccc([N+](=O)[O-])cc1[N+](=O)[O-]. The summed E-state index contributed by atoms with van der Waals surface area (Å²) in [5.41, 5.74) is 1.33. The van der Waals surface area contributed by atoms with Crippen molar-refractivity contribution in [2.45, 2.75) is 26.2 Å². The van der Waals surface area contributed by atoms with Gasteiger partial charge in [0.15, 0.2) is 0 Å². The van der Waals surface area contributed by atoms with Gasteiger partial charge in [0.05, 0.1) is 15.9 Å². The molecule has 0 aliphatic carbocycles. The number of rotatable bonds is 6. The van der Waals surface area contributed by atoms with Crippen molar-refractivity contribution < 1.29 is 19.7 Å². The third-order valence-electron chi connectivity index (χ3n) is 2.29. The van der Waals surface area contributed by atoms with Crippen molar-refractivity contribution in [3.05, 3.63) is 38.4 Å². The fraction of sp³-hybridized carbons (Fsp3) is 0.364. The Morgan fingerprint density at radius 3 is 2.29 bits per heavy atom. The van der Waals surface area contributed by atoms with Gasteiger partial charge < -0.3 is 10.5 Å². The van der Waals surface area contributed by atoms with E-state index >= 15 is 0 Å². The van der Waals surface area contributed by atoms with E-state index in [2.05, 4.69) is 5.43 Å². The van der Waals surface area contributed by atoms with E-state index in [0.29, 0.717) is 6.42 Å². The molecule has 0 saturated heterocycles. The van der Waals surface area contributed by atoms with Crippen LogP contribution in [0.2, 0.25) is 0 Å². The molecule has 0 unspecified atom stereocenters. The molecule has 0 aliphatic heterocycles. The van der Waals surface area contributed by atoms with Crippen LogP contribution in [-0.4, -0.2) is 20.9 Å². The second kappa shape index (κ2) is 9.20. The number of aliphatic carboxylic acids is 1. The number of hydrogen-bond acceptors (Lipinski definition) is 7. The number of carboxylic acids is 1. The third kappa shape index (κ3) is 6.82. The van der Waals surface area contributed by atoms with E-state index in [9.17, 15) is 25.0 Å². The summed E-state index contributed by atoms with van der Waals surface area (Å²) in [5.74, 6) is 4.30. The van der Waals surface area contributed by atoms with E-state index < -0.39 is 21.5 Å². The second-order valence-electron chi connectivity index (χ2n) is 3.86. The molecule has 0 bridgehead atoms. The molecule has 1 rings (SSSR count). The van der Waals surface area contributed by atoms with Gasteiger partial charge in [0.2, 0.25) is 0 Å². The first-order valence-electron chi connectivity index (χ1n) is 5.94. The van der Waals surface area contributed by atoms with Crippen LogP contribution >= 0.6 is 0 Å². The molecular weight excluding hydrogens is 284 g/mol. The van der Waals surface area contributed by atoms with Crippen LogP contribution in [0.15, 0.2) is 18.2 Å². The zero-order chi connectivity index (χ0) is 16.4. The number of hydrazine groups is 1. The second-order valence-corrected chi connectivity index (χ2v) is 3.86. The first kappa shape index (κ1) is 18.2. The Kier molecular flexibility index (Phi) is 8.00. The minimum atomic E-state index is -0.748. The number of nitrogen functional groups attached to an aromatic ring is 1. The van der Waals surface area contributed by atoms with Gasteiger partial charge in [-0.1, -0.05) is 13.3 Å². The van der Waals surface area contributed by atoms with Gasteiger partial charge in [0.1, 0.15) is 5.69 Å². The molecule has 0 aliphatic rings. The molecule has 10 heteroatoms. The van der Waals surface area contributed by atoms with Crippen molar-refractivity contribution in [1.29, 1.82) is 0 Å². The number of unbranched alkanes of at least 4 members (excludes halogenated alkanes) is 1. The minimum Gasteiger partial charge on any atom is -0.481 e. The predicted molar refractivity (Wildman–Crippen MR) is 74.7 cm³/mol. The molecule has 1 aromatic rings. The van der Waals surface area contributed by atoms with Crippen molar-refractivity contribution in [3.63, 3.8) is 0 Å². The number of non-ortho nitro benzene ring substituents is 1. The molecule has 0 fully saturated rings. The van der Waals surface area contributed by atoms with Gasteiger partial charge in [-0.3, -0.25) is 30.9 Å². The maximum absolute atomic E-state index is 10.4. The molecule has 0 heterocycles. The molecule has 4 N–H and O–H groups in total. The highest BCUT2D eigenvalue weighted by Crippen LogP contribution is 2.27. The highest BCUT2D eigenvalue weighted by Gasteiger charge is 2.18. The monoisotopic (exact) mass is 300 g/mol. The number of nitrogens with one attached hydrogen (secondary N) is 1. The van der Waals surface area contributed by atoms with Crippen molar-refractivity contribution in [3.8, 4) is 0 Å². The smallest absolute Gasteiger partial charge is 0.303 e. The summed E-state index contributed by atoms with van der Waals surface area (Å²) in [4.78, 5) is 29.0. The highest BCUT2D eigenvalue weighted by molar-refractivity contribution is 5.66. The van der Waals surface area contributed by atoms with Crippen molar-refractivity contribution in [2.24, 2.45) is 5.84 Å². The number of nitro groups is 2. The lowest BCUT2D eigenvalue weighted by Gasteiger charge is -2.00. The van der Waals surface area contributed by atoms with Gasteiger partial charge in [-0.25, -0.2) is 0 Å². The van der Waals surface area contributed by atoms with E-state index in [1.54, 1.807) is 0 Å². The quantitative estimate of drug-likeness (QED) is 0.408. The summed E-state index contributed by atoms with van der Waals surface area (Å²) in [6.07, 6.45) is 2.08. The number of carbonyl (C=O) groups is 1. The lowest BCUT2D eigenvalue weighted by atomic mass is 10.2. The van der Waals surface area contributed by atoms with Gasteiger partial charge in [0.25, 0.3) is 5.69 Å². The van der Waals surface area contributed by atoms with Crippen LogP contribution in [0, 0.1) is 20.2 Å². The zero-order valence-corrected chi connectivity index (χ0v) is 11.3. The fourth-order valence-electron chi connectivity index (χ4n) is 1.23. The van der Waals surface area contributed by atoms with Crippen molar-refractivity contribution in [1.82, 2.24) is 0 Å². The summed E-state index contributed by atoms with van der Waals surface area (Å²) in [7, 11) is 0. The van der Waals surface area contributed by atoms with Crippen LogP contribution in [0.5, 0.6) is 0 Å². The summed E-state index contributed by atoms with van der Waals surface area (Å²) in [6.45, 7) is 1.98. The van der Waals surface area contributed by atoms with Crippen LogP contribution in [0.3, 0.4) is 0 Å². The van der Waals surface area contributed by atoms with Crippen molar-refractivity contribution >= 4 is 23.0 Å². The van der Waals surface area contributed by atoms with E-state index in [1.807, 2.05) is 6.92 Å². The first-order valence-corrected chi connectivity index (χ1v) is 5.94. The average Bonchev–Trinajstić information content (AvgIpc) is 2.44. The Bertz CT molecular complexity index is 519. The number of carboxylic acid groups (broad SMARTS) is 1. The van der Waals surface area contributed by atoms with E-state index in [0.717, 1.165) is 25.0 Å². The molecule has 0 atom stereocenters. The Labute approximate surface area is 119 Å². The fourth-order valence-corrected chi connectivity index (χ4v) is 1.23. The lowest BCUT2D eigenvalue weighted by Crippen LogP contribution is -2.09. The lowest BCUT2D eigenvalue weighted by molar-refractivity contribution is -0.393. The maximum atomic E-state index is 10.4. The van der Waals surface area contributed by atoms with Crippen LogP contribution in [0.25, 0.3) is 0 Å². The molecule has 116 valence electrons. The topological polar surface area (TPSA) is 162 Å². The van der Waals surface area contributed by atoms with Gasteiger partial charge in [0, 0.05) is 12.5 Å². The number of nitrogens with zero attached hydrogens (tertiary/aromatic N) is 2. The molecular formula is C11H16N4O6. The summed E-state index contributed by atoms with van der Waals surface area (Å²) >= 11 is 0. The molecule has 0 amide bonds. The Balaban J connectivity index is 0.000000486. The Hall–Kier alpha value is -2.75. The average molecular weight is 300 g/mol. The number of nitro benzene ring substituents is 2. The highest BCUT2D eigenvalue weighted by atomic mass is 16.6. The molecule has 10 nitrogen and oxygen atoms in total. The largest absolute Gasteiger partial charge is 0.481 e. The van der Waals surface area contributed by atoms with Crippen LogP contribution < -0.4 is 11.3 Å². The third-order valence-corrected chi connectivity index (χ3v) is 2.29. The molecule has 0 aromatic heterocycles. The molecule has 1 aromatic carbocycles. The Morgan fingerprint density at radius 2 is 1.95 bits per heavy atom. The molecule has 21 heavy (non-hydrogen) atoms. The zero-order valence-electron chi connectivity index (χ0n) is 11.3. The van der Waals surface area contributed by atoms with E-state index in [1.165, 1.54) is 6.07 Å². The molecule has 0 radical (unpaired) electrons. The van der Waals surface area contributed by atoms with Crippen LogP contribution in [0.4, 0.5) is 17.1 Å². The van der Waals surface area contributed by atoms with E-state index in [4.69, 9.17) is 10.9 Å². The molecule has 0 spiro atoms. The number of anilines is 1. The number of benzene rings is 1. The van der Waals surface area contributed by atoms with Crippen LogP contribution in [0.1, 0.15) is 26.2 Å². The Morgan fingerprint density at radius 1 is 1.33 bits per heavy atom. The summed E-state index contributed by atoms with van der Waals surface area (Å²) in [6, 6.07) is 3.15. The van der Waals surface area contributed by atoms with Crippen molar-refractivity contribution in [2.75, 3.05) is 5.43 Å².